The number of nitrogens with zero attached hydrogens (tertiary/aromatic N) is 2. The third-order valence-electron chi connectivity index (χ3n) is 4.67. The summed E-state index contributed by atoms with van der Waals surface area (Å²) in [6, 6.07) is 5.54. The van der Waals surface area contributed by atoms with Crippen molar-refractivity contribution in [3.05, 3.63) is 18.2 Å². The van der Waals surface area contributed by atoms with Gasteiger partial charge in [0, 0.05) is 31.7 Å². The third kappa shape index (κ3) is 4.45. The van der Waals surface area contributed by atoms with E-state index in [1.54, 1.807) is 6.07 Å². The number of benzene rings is 1. The van der Waals surface area contributed by atoms with Gasteiger partial charge in [-0.15, -0.1) is 11.3 Å². The molecule has 148 valence electrons. The van der Waals surface area contributed by atoms with E-state index in [1.165, 1.54) is 23.1 Å². The molecule has 3 heterocycles. The minimum absolute atomic E-state index is 0.0913. The molecule has 8 nitrogen and oxygen atoms in total. The van der Waals surface area contributed by atoms with Gasteiger partial charge in [-0.05, 0) is 18.2 Å². The molecule has 2 aliphatic rings. The zero-order chi connectivity index (χ0) is 19.5. The molecule has 28 heavy (non-hydrogen) atoms. The summed E-state index contributed by atoms with van der Waals surface area (Å²) in [6.45, 7) is 2.86. The van der Waals surface area contributed by atoms with Crippen LogP contribution in [0.25, 0.3) is 10.2 Å². The number of hydrogen-bond donors (Lipinski definition) is 2. The smallest absolute Gasteiger partial charge is 0.233 e. The summed E-state index contributed by atoms with van der Waals surface area (Å²) in [5.74, 6) is -0.131. The molecule has 2 fully saturated rings. The van der Waals surface area contributed by atoms with Crippen molar-refractivity contribution in [2.24, 2.45) is 5.92 Å². The van der Waals surface area contributed by atoms with E-state index < -0.39 is 0 Å². The van der Waals surface area contributed by atoms with E-state index in [1.807, 2.05) is 17.0 Å². The van der Waals surface area contributed by atoms with Crippen LogP contribution in [-0.4, -0.2) is 66.2 Å². The summed E-state index contributed by atoms with van der Waals surface area (Å²) in [6.07, 6.45) is 0.229. The maximum absolute atomic E-state index is 12.3. The van der Waals surface area contributed by atoms with Crippen molar-refractivity contribution in [1.29, 1.82) is 0 Å². The van der Waals surface area contributed by atoms with Crippen molar-refractivity contribution in [3.63, 3.8) is 0 Å². The highest BCUT2D eigenvalue weighted by Crippen LogP contribution is 2.31. The van der Waals surface area contributed by atoms with Crippen LogP contribution >= 0.6 is 23.1 Å². The molecular weight excluding hydrogens is 400 g/mol. The predicted octanol–water partition coefficient (Wildman–Crippen LogP) is 1.32. The molecule has 2 aromatic rings. The minimum atomic E-state index is -0.332. The Labute approximate surface area is 170 Å². The molecule has 2 saturated heterocycles. The average molecular weight is 421 g/mol. The first-order chi connectivity index (χ1) is 13.6. The quantitative estimate of drug-likeness (QED) is 0.708. The lowest BCUT2D eigenvalue weighted by atomic mass is 10.1. The second kappa shape index (κ2) is 8.46. The number of hydrogen-bond acceptors (Lipinski definition) is 7. The van der Waals surface area contributed by atoms with E-state index in [4.69, 9.17) is 4.74 Å². The summed E-state index contributed by atoms with van der Waals surface area (Å²) in [5.41, 5.74) is 1.52. The molecular formula is C18H20N4O4S2. The Morgan fingerprint density at radius 2 is 2.18 bits per heavy atom. The topological polar surface area (TPSA) is 101 Å². The summed E-state index contributed by atoms with van der Waals surface area (Å²) in [7, 11) is 0. The van der Waals surface area contributed by atoms with E-state index in [9.17, 15) is 14.4 Å². The fourth-order valence-electron chi connectivity index (χ4n) is 3.11. The van der Waals surface area contributed by atoms with Crippen LogP contribution in [-0.2, 0) is 19.1 Å². The van der Waals surface area contributed by atoms with Crippen molar-refractivity contribution < 1.29 is 19.1 Å². The normalized spacial score (nSPS) is 19.6. The number of fused-ring (bicyclic) bond motifs is 1. The van der Waals surface area contributed by atoms with Crippen molar-refractivity contribution in [2.45, 2.75) is 10.8 Å². The van der Waals surface area contributed by atoms with E-state index in [-0.39, 0.29) is 30.1 Å². The second-order valence-corrected chi connectivity index (χ2v) is 8.89. The molecule has 2 N–H and O–H groups in total. The van der Waals surface area contributed by atoms with Gasteiger partial charge in [-0.25, -0.2) is 4.98 Å². The van der Waals surface area contributed by atoms with Crippen molar-refractivity contribution in [3.8, 4) is 0 Å². The van der Waals surface area contributed by atoms with Crippen LogP contribution in [0.4, 0.5) is 5.69 Å². The molecule has 1 aromatic heterocycles. The van der Waals surface area contributed by atoms with Gasteiger partial charge in [-0.3, -0.25) is 14.4 Å². The monoisotopic (exact) mass is 420 g/mol. The van der Waals surface area contributed by atoms with Crippen LogP contribution in [0.5, 0.6) is 0 Å². The zero-order valence-electron chi connectivity index (χ0n) is 15.1. The lowest BCUT2D eigenvalue weighted by Crippen LogP contribution is -2.41. The van der Waals surface area contributed by atoms with Gasteiger partial charge in [0.15, 0.2) is 4.34 Å². The van der Waals surface area contributed by atoms with Gasteiger partial charge >= 0.3 is 0 Å². The second-order valence-electron chi connectivity index (χ2n) is 6.64. The number of anilines is 1. The Hall–Kier alpha value is -2.17. The van der Waals surface area contributed by atoms with Gasteiger partial charge in [0.25, 0.3) is 0 Å². The Morgan fingerprint density at radius 1 is 1.36 bits per heavy atom. The van der Waals surface area contributed by atoms with Crippen LogP contribution in [0.3, 0.4) is 0 Å². The first-order valence-electron chi connectivity index (χ1n) is 9.05. The van der Waals surface area contributed by atoms with E-state index in [0.29, 0.717) is 44.3 Å². The average Bonchev–Trinajstić information content (AvgIpc) is 3.32. The molecule has 4 rings (SSSR count). The van der Waals surface area contributed by atoms with Gasteiger partial charge in [0.1, 0.15) is 0 Å². The van der Waals surface area contributed by atoms with E-state index >= 15 is 0 Å². The maximum atomic E-state index is 12.3. The fourth-order valence-corrected chi connectivity index (χ4v) is 5.12. The zero-order valence-corrected chi connectivity index (χ0v) is 16.7. The van der Waals surface area contributed by atoms with Gasteiger partial charge in [0.2, 0.25) is 17.7 Å². The number of rotatable bonds is 5. The largest absolute Gasteiger partial charge is 0.378 e. The summed E-state index contributed by atoms with van der Waals surface area (Å²) < 4.78 is 7.04. The molecule has 2 aliphatic heterocycles. The van der Waals surface area contributed by atoms with E-state index in [2.05, 4.69) is 15.6 Å². The molecule has 0 radical (unpaired) electrons. The Kier molecular flexibility index (Phi) is 5.79. The minimum Gasteiger partial charge on any atom is -0.378 e. The number of thiazole rings is 1. The molecule has 1 aromatic carbocycles. The molecule has 0 bridgehead atoms. The first kappa shape index (κ1) is 19.2. The highest BCUT2D eigenvalue weighted by atomic mass is 32.2. The van der Waals surface area contributed by atoms with Crippen molar-refractivity contribution in [2.75, 3.05) is 43.9 Å². The summed E-state index contributed by atoms with van der Waals surface area (Å²) in [4.78, 5) is 42.2. The van der Waals surface area contributed by atoms with Crippen LogP contribution in [0.15, 0.2) is 22.5 Å². The SMILES string of the molecule is O=C1CC(C(=O)Nc2ccc3nc(SCC(=O)N4CCOCC4)sc3c2)CN1. The molecule has 1 unspecified atom stereocenters. The number of amides is 3. The Bertz CT molecular complexity index is 910. The Morgan fingerprint density at radius 3 is 2.93 bits per heavy atom. The molecule has 1 atom stereocenters. The van der Waals surface area contributed by atoms with Gasteiger partial charge in [0.05, 0.1) is 35.1 Å². The van der Waals surface area contributed by atoms with Crippen molar-refractivity contribution in [1.82, 2.24) is 15.2 Å². The van der Waals surface area contributed by atoms with E-state index in [0.717, 1.165) is 14.6 Å². The molecule has 10 heteroatoms. The van der Waals surface area contributed by atoms with Gasteiger partial charge < -0.3 is 20.3 Å². The molecule has 3 amide bonds. The summed E-state index contributed by atoms with van der Waals surface area (Å²) in [5, 5.41) is 5.53. The van der Waals surface area contributed by atoms with Crippen LogP contribution in [0.1, 0.15) is 6.42 Å². The maximum Gasteiger partial charge on any atom is 0.233 e. The first-order valence-corrected chi connectivity index (χ1v) is 10.9. The number of morpholine rings is 1. The van der Waals surface area contributed by atoms with Crippen LogP contribution in [0.2, 0.25) is 0 Å². The highest BCUT2D eigenvalue weighted by Gasteiger charge is 2.28. The standard InChI is InChI=1S/C18H20N4O4S2/c23-15-7-11(9-19-15)17(25)20-12-1-2-13-14(8-12)28-18(21-13)27-10-16(24)22-3-5-26-6-4-22/h1-2,8,11H,3-7,9-10H2,(H,19,23)(H,20,25). The number of carbonyl (C=O) groups excluding carboxylic acids is 3. The third-order valence-corrected chi connectivity index (χ3v) is 6.81. The summed E-state index contributed by atoms with van der Waals surface area (Å²) >= 11 is 2.93. The number of ether oxygens (including phenoxy) is 1. The van der Waals surface area contributed by atoms with Crippen LogP contribution < -0.4 is 10.6 Å². The number of carbonyl (C=O) groups is 3. The number of thioether (sulfide) groups is 1. The Balaban J connectivity index is 1.36. The van der Waals surface area contributed by atoms with Gasteiger partial charge in [-0.2, -0.15) is 0 Å². The number of nitrogens with one attached hydrogen (secondary N) is 2. The molecule has 0 aliphatic carbocycles. The molecule has 0 saturated carbocycles. The predicted molar refractivity (Wildman–Crippen MR) is 107 cm³/mol. The number of aromatic nitrogens is 1. The molecule has 0 spiro atoms. The fraction of sp³-hybridized carbons (Fsp3) is 0.444. The lowest BCUT2D eigenvalue weighted by Gasteiger charge is -2.26. The van der Waals surface area contributed by atoms with Crippen molar-refractivity contribution >= 4 is 56.7 Å². The van der Waals surface area contributed by atoms with Crippen LogP contribution in [0, 0.1) is 5.92 Å². The lowest BCUT2D eigenvalue weighted by molar-refractivity contribution is -0.132. The highest BCUT2D eigenvalue weighted by molar-refractivity contribution is 8.01. The van der Waals surface area contributed by atoms with Gasteiger partial charge in [-0.1, -0.05) is 11.8 Å².